The molecule has 0 aromatic heterocycles. The first kappa shape index (κ1) is 23.2. The number of ether oxygens (including phenoxy) is 3. The highest BCUT2D eigenvalue weighted by atomic mass is 32.2. The van der Waals surface area contributed by atoms with Gasteiger partial charge in [0, 0.05) is 30.6 Å². The van der Waals surface area contributed by atoms with E-state index in [0.29, 0.717) is 12.0 Å². The lowest BCUT2D eigenvalue weighted by molar-refractivity contribution is -0.163. The van der Waals surface area contributed by atoms with Crippen LogP contribution in [0.1, 0.15) is 44.0 Å². The van der Waals surface area contributed by atoms with Crippen molar-refractivity contribution < 1.29 is 28.6 Å². The summed E-state index contributed by atoms with van der Waals surface area (Å²) in [7, 11) is 1.29. The molecule has 0 bridgehead atoms. The standard InChI is InChI=1S/C21H29NO6S/c1-5-17-13(2)18(27-14(3)23)11-19(28-17)29-12-16(21(25)26-4)22-20(24)15-9-7-6-8-10-15/h6-10,13,16-19H,5,11-12H2,1-4H3,(H,22,24)/t13-,16+,17-,18-,19-/m1/s1. The number of thioether (sulfide) groups is 1. The Morgan fingerprint density at radius 2 is 1.97 bits per heavy atom. The van der Waals surface area contributed by atoms with Gasteiger partial charge in [0.15, 0.2) is 0 Å². The molecule has 0 radical (unpaired) electrons. The van der Waals surface area contributed by atoms with Gasteiger partial charge < -0.3 is 19.5 Å². The van der Waals surface area contributed by atoms with E-state index in [1.165, 1.54) is 25.8 Å². The Kier molecular flexibility index (Phi) is 8.98. The molecule has 5 atom stereocenters. The first-order valence-electron chi connectivity index (χ1n) is 9.73. The topological polar surface area (TPSA) is 90.9 Å². The van der Waals surface area contributed by atoms with E-state index >= 15 is 0 Å². The van der Waals surface area contributed by atoms with Crippen LogP contribution in [0.15, 0.2) is 30.3 Å². The van der Waals surface area contributed by atoms with Gasteiger partial charge in [-0.3, -0.25) is 9.59 Å². The predicted octanol–water partition coefficient (Wildman–Crippen LogP) is 2.78. The van der Waals surface area contributed by atoms with E-state index in [2.05, 4.69) is 5.32 Å². The molecule has 1 aliphatic heterocycles. The van der Waals surface area contributed by atoms with Gasteiger partial charge in [-0.1, -0.05) is 32.0 Å². The van der Waals surface area contributed by atoms with Crippen molar-refractivity contribution in [2.45, 2.75) is 57.3 Å². The third kappa shape index (κ3) is 6.75. The summed E-state index contributed by atoms with van der Waals surface area (Å²) in [6.45, 7) is 5.44. The predicted molar refractivity (Wildman–Crippen MR) is 110 cm³/mol. The van der Waals surface area contributed by atoms with E-state index in [4.69, 9.17) is 14.2 Å². The summed E-state index contributed by atoms with van der Waals surface area (Å²) in [5, 5.41) is 2.73. The van der Waals surface area contributed by atoms with E-state index < -0.39 is 12.0 Å². The Morgan fingerprint density at radius 3 is 2.55 bits per heavy atom. The third-order valence-corrected chi connectivity index (χ3v) is 6.12. The molecule has 1 N–H and O–H groups in total. The van der Waals surface area contributed by atoms with Crippen LogP contribution in [0, 0.1) is 5.92 Å². The van der Waals surface area contributed by atoms with Crippen molar-refractivity contribution >= 4 is 29.6 Å². The van der Waals surface area contributed by atoms with Gasteiger partial charge in [0.25, 0.3) is 5.91 Å². The van der Waals surface area contributed by atoms with E-state index in [0.717, 1.165) is 6.42 Å². The van der Waals surface area contributed by atoms with Crippen molar-refractivity contribution in [3.63, 3.8) is 0 Å². The molecule has 1 aromatic carbocycles. The molecule has 8 heteroatoms. The fourth-order valence-electron chi connectivity index (χ4n) is 3.31. The van der Waals surface area contributed by atoms with Gasteiger partial charge >= 0.3 is 11.9 Å². The summed E-state index contributed by atoms with van der Waals surface area (Å²) in [5.41, 5.74) is 0.219. The summed E-state index contributed by atoms with van der Waals surface area (Å²) in [6, 6.07) is 7.88. The lowest BCUT2D eigenvalue weighted by atomic mass is 9.91. The van der Waals surface area contributed by atoms with Gasteiger partial charge in [0.05, 0.1) is 13.2 Å². The van der Waals surface area contributed by atoms with Gasteiger partial charge in [-0.15, -0.1) is 11.8 Å². The second-order valence-corrected chi connectivity index (χ2v) is 8.20. The van der Waals surface area contributed by atoms with Crippen LogP contribution in [0.2, 0.25) is 0 Å². The van der Waals surface area contributed by atoms with Gasteiger partial charge in [-0.2, -0.15) is 0 Å². The number of nitrogens with one attached hydrogen (secondary N) is 1. The molecule has 1 aromatic rings. The molecule has 2 rings (SSSR count). The minimum Gasteiger partial charge on any atom is -0.467 e. The SMILES string of the molecule is CC[C@H]1O[C@H](SC[C@H](NC(=O)c2ccccc2)C(=O)OC)C[C@@H](OC(C)=O)[C@@H]1C. The van der Waals surface area contributed by atoms with Crippen molar-refractivity contribution in [1.82, 2.24) is 5.32 Å². The third-order valence-electron chi connectivity index (χ3n) is 4.92. The van der Waals surface area contributed by atoms with Crippen LogP contribution < -0.4 is 5.32 Å². The first-order valence-corrected chi connectivity index (χ1v) is 10.8. The molecule has 1 heterocycles. The van der Waals surface area contributed by atoms with Gasteiger partial charge in [-0.25, -0.2) is 4.79 Å². The molecule has 0 saturated carbocycles. The molecule has 0 aliphatic carbocycles. The van der Waals surface area contributed by atoms with Crippen molar-refractivity contribution in [3.8, 4) is 0 Å². The van der Waals surface area contributed by atoms with Crippen LogP contribution in [-0.2, 0) is 23.8 Å². The Morgan fingerprint density at radius 1 is 1.28 bits per heavy atom. The van der Waals surface area contributed by atoms with Crippen LogP contribution in [-0.4, -0.2) is 54.4 Å². The number of amides is 1. The number of hydrogen-bond donors (Lipinski definition) is 1. The summed E-state index contributed by atoms with van der Waals surface area (Å²) < 4.78 is 16.4. The fraction of sp³-hybridized carbons (Fsp3) is 0.571. The van der Waals surface area contributed by atoms with Gasteiger partial charge in [-0.05, 0) is 18.6 Å². The molecular formula is C21H29NO6S. The average Bonchev–Trinajstić information content (AvgIpc) is 2.72. The summed E-state index contributed by atoms with van der Waals surface area (Å²) in [4.78, 5) is 36.0. The number of methoxy groups -OCH3 is 1. The highest BCUT2D eigenvalue weighted by molar-refractivity contribution is 7.99. The largest absolute Gasteiger partial charge is 0.467 e. The molecule has 0 spiro atoms. The van der Waals surface area contributed by atoms with Crippen molar-refractivity contribution in [2.24, 2.45) is 5.92 Å². The lowest BCUT2D eigenvalue weighted by Crippen LogP contribution is -2.46. The van der Waals surface area contributed by atoms with Crippen LogP contribution >= 0.6 is 11.8 Å². The molecule has 0 unspecified atom stereocenters. The van der Waals surface area contributed by atoms with Crippen LogP contribution in [0.3, 0.4) is 0 Å². The van der Waals surface area contributed by atoms with Crippen molar-refractivity contribution in [1.29, 1.82) is 0 Å². The number of benzene rings is 1. The van der Waals surface area contributed by atoms with E-state index in [1.54, 1.807) is 24.3 Å². The molecule has 1 amide bonds. The molecule has 1 aliphatic rings. The maximum absolute atomic E-state index is 12.4. The zero-order chi connectivity index (χ0) is 21.4. The zero-order valence-electron chi connectivity index (χ0n) is 17.3. The monoisotopic (exact) mass is 423 g/mol. The van der Waals surface area contributed by atoms with Crippen LogP contribution in [0.4, 0.5) is 0 Å². The zero-order valence-corrected chi connectivity index (χ0v) is 18.1. The smallest absolute Gasteiger partial charge is 0.329 e. The van der Waals surface area contributed by atoms with Crippen LogP contribution in [0.5, 0.6) is 0 Å². The quantitative estimate of drug-likeness (QED) is 0.643. The van der Waals surface area contributed by atoms with Crippen LogP contribution in [0.25, 0.3) is 0 Å². The molecule has 7 nitrogen and oxygen atoms in total. The Hall–Kier alpha value is -2.06. The summed E-state index contributed by atoms with van der Waals surface area (Å²) >= 11 is 1.41. The molecule has 1 fully saturated rings. The second-order valence-electron chi connectivity index (χ2n) is 7.00. The molecular weight excluding hydrogens is 394 g/mol. The van der Waals surface area contributed by atoms with Crippen molar-refractivity contribution in [2.75, 3.05) is 12.9 Å². The Labute approximate surface area is 175 Å². The summed E-state index contributed by atoms with van der Waals surface area (Å²) in [6.07, 6.45) is 1.05. The molecule has 29 heavy (non-hydrogen) atoms. The van der Waals surface area contributed by atoms with E-state index in [1.807, 2.05) is 19.9 Å². The minimum atomic E-state index is -0.812. The fourth-order valence-corrected chi connectivity index (χ4v) is 4.48. The highest BCUT2D eigenvalue weighted by Gasteiger charge is 2.38. The first-order chi connectivity index (χ1) is 13.8. The number of hydrogen-bond acceptors (Lipinski definition) is 7. The molecule has 1 saturated heterocycles. The second kappa shape index (κ2) is 11.2. The highest BCUT2D eigenvalue weighted by Crippen LogP contribution is 2.34. The normalized spacial score (nSPS) is 25.0. The lowest BCUT2D eigenvalue weighted by Gasteiger charge is -2.39. The van der Waals surface area contributed by atoms with Gasteiger partial charge in [0.1, 0.15) is 17.6 Å². The molecule has 160 valence electrons. The number of rotatable bonds is 8. The minimum absolute atomic E-state index is 0.0407. The Balaban J connectivity index is 2.01. The average molecular weight is 424 g/mol. The number of esters is 2. The van der Waals surface area contributed by atoms with E-state index in [-0.39, 0.29) is 41.2 Å². The number of carbonyl (C=O) groups is 3. The van der Waals surface area contributed by atoms with Crippen molar-refractivity contribution in [3.05, 3.63) is 35.9 Å². The van der Waals surface area contributed by atoms with Gasteiger partial charge in [0.2, 0.25) is 0 Å². The Bertz CT molecular complexity index is 698. The maximum Gasteiger partial charge on any atom is 0.329 e. The number of carbonyl (C=O) groups excluding carboxylic acids is 3. The van der Waals surface area contributed by atoms with E-state index in [9.17, 15) is 14.4 Å². The summed E-state index contributed by atoms with van der Waals surface area (Å²) in [5.74, 6) is -0.800. The maximum atomic E-state index is 12.4.